The van der Waals surface area contributed by atoms with Crippen LogP contribution in [0.25, 0.3) is 0 Å². The predicted octanol–water partition coefficient (Wildman–Crippen LogP) is 20.6. The van der Waals surface area contributed by atoms with Gasteiger partial charge in [-0.1, -0.05) is 138 Å². The van der Waals surface area contributed by atoms with Gasteiger partial charge in [-0.3, -0.25) is 0 Å². The molecule has 0 atom stereocenters. The molecule has 72 heavy (non-hydrogen) atoms. The molecule has 0 aromatic heterocycles. The van der Waals surface area contributed by atoms with Crippen LogP contribution in [-0.2, 0) is 89.9 Å². The average molecular weight is 984 g/mol. The van der Waals surface area contributed by atoms with Crippen LogP contribution >= 0.6 is 0 Å². The summed E-state index contributed by atoms with van der Waals surface area (Å²) < 4.78 is 0. The Kier molecular flexibility index (Phi) is 23.7. The number of fused-ring (bicyclic) bond motifs is 4. The van der Waals surface area contributed by atoms with Gasteiger partial charge < -0.3 is 0 Å². The topological polar surface area (TPSA) is 0 Å². The Hall–Kier alpha value is -2.34. The zero-order valence-corrected chi connectivity index (χ0v) is 51.7. The highest BCUT2D eigenvalue weighted by Crippen LogP contribution is 2.48. The van der Waals surface area contributed by atoms with Gasteiger partial charge in [-0.15, -0.1) is 0 Å². The van der Waals surface area contributed by atoms with E-state index in [1.807, 2.05) is 100 Å². The van der Waals surface area contributed by atoms with Gasteiger partial charge >= 0.3 is 0 Å². The minimum absolute atomic E-state index is 0.689. The molecule has 2 aliphatic rings. The van der Waals surface area contributed by atoms with E-state index in [1.54, 1.807) is 0 Å². The summed E-state index contributed by atoms with van der Waals surface area (Å²) in [5, 5.41) is 0. The van der Waals surface area contributed by atoms with Gasteiger partial charge in [0.25, 0.3) is 0 Å². The van der Waals surface area contributed by atoms with Gasteiger partial charge in [-0.25, -0.2) is 0 Å². The normalized spacial score (nSPS) is 13.8. The lowest BCUT2D eigenvalue weighted by molar-refractivity contribution is 0.549. The van der Waals surface area contributed by atoms with Crippen LogP contribution in [0, 0.1) is 59.2 Å². The second kappa shape index (κ2) is 28.2. The van der Waals surface area contributed by atoms with Gasteiger partial charge in [-0.05, 0) is 313 Å². The van der Waals surface area contributed by atoms with Gasteiger partial charge in [-0.2, -0.15) is 0 Å². The molecule has 0 heteroatoms. The molecule has 0 fully saturated rings. The van der Waals surface area contributed by atoms with Crippen molar-refractivity contribution in [1.82, 2.24) is 0 Å². The molecule has 0 bridgehead atoms. The molecule has 0 heterocycles. The highest BCUT2D eigenvalue weighted by molar-refractivity contribution is 5.67. The van der Waals surface area contributed by atoms with Crippen LogP contribution < -0.4 is 0 Å². The maximum Gasteiger partial charge on any atom is -0.00142 e. The molecule has 0 spiro atoms. The second-order valence-electron chi connectivity index (χ2n) is 28.6. The molecule has 0 unspecified atom stereocenters. The average Bonchev–Trinajstić information content (AvgIpc) is 3.28. The first-order valence-corrected chi connectivity index (χ1v) is 31.5. The third-order valence-electron chi connectivity index (χ3n) is 17.7. The van der Waals surface area contributed by atoms with E-state index in [2.05, 4.69) is 138 Å². The van der Waals surface area contributed by atoms with E-state index >= 15 is 0 Å². The van der Waals surface area contributed by atoms with E-state index in [-0.39, 0.29) is 0 Å². The summed E-state index contributed by atoms with van der Waals surface area (Å²) >= 11 is 0. The first-order valence-electron chi connectivity index (χ1n) is 31.5. The third kappa shape index (κ3) is 16.3. The van der Waals surface area contributed by atoms with E-state index in [0.29, 0.717) is 59.2 Å². The molecule has 0 nitrogen and oxygen atoms in total. The zero-order chi connectivity index (χ0) is 53.1. The van der Waals surface area contributed by atoms with Crippen LogP contribution in [0.1, 0.15) is 303 Å². The summed E-state index contributed by atoms with van der Waals surface area (Å²) in [5.41, 5.74) is 32.6. The van der Waals surface area contributed by atoms with Crippen molar-refractivity contribution in [2.75, 3.05) is 0 Å². The first-order chi connectivity index (χ1) is 34.0. The lowest BCUT2D eigenvalue weighted by Gasteiger charge is -2.38. The number of hydrogen-bond acceptors (Lipinski definition) is 0. The first kappa shape index (κ1) is 60.5. The lowest BCUT2D eigenvalue weighted by Crippen LogP contribution is -2.26. The highest BCUT2D eigenvalue weighted by atomic mass is 14.4. The lowest BCUT2D eigenvalue weighted by atomic mass is 9.66. The summed E-state index contributed by atoms with van der Waals surface area (Å²) in [6.45, 7) is 49.6. The Morgan fingerprint density at radius 3 is 0.417 bits per heavy atom. The number of benzene rings is 3. The van der Waals surface area contributed by atoms with E-state index in [1.165, 1.54) is 154 Å². The van der Waals surface area contributed by atoms with E-state index in [0.717, 1.165) is 0 Å². The maximum atomic E-state index is 2.50. The van der Waals surface area contributed by atoms with E-state index in [4.69, 9.17) is 0 Å². The fraction of sp³-hybridized carbons (Fsp3) is 0.750. The summed E-state index contributed by atoms with van der Waals surface area (Å²) in [4.78, 5) is 0. The molecule has 0 saturated heterocycles. The standard InChI is InChI=1S/C72H118/c1-45(2)21-31-55-56(32-22-46(3)4)60(36-26-50(11)12)66-42-70-64(40-30-54(19)20)72-44-68-62(38-28-52(15)16)58(34-24-48(7)8)57(33-23-47(5)6)61(37-27-51(13)14)67(68)43-71(72)63(39-29-53(17)18)69(70)41-65(66)59(55)35-25-49(9)10/h45-54H,21-44H2,1-20H3. The fourth-order valence-electron chi connectivity index (χ4n) is 13.0. The number of rotatable bonds is 30. The fourth-order valence-corrected chi connectivity index (χ4v) is 13.0. The summed E-state index contributed by atoms with van der Waals surface area (Å²) in [5.74, 6) is 7.06. The van der Waals surface area contributed by atoms with Crippen LogP contribution in [0.15, 0.2) is 0 Å². The molecule has 0 radical (unpaired) electrons. The second-order valence-corrected chi connectivity index (χ2v) is 28.6. The van der Waals surface area contributed by atoms with Crippen LogP contribution in [-0.4, -0.2) is 0 Å². The smallest absolute Gasteiger partial charge is 0.00142 e. The van der Waals surface area contributed by atoms with Crippen molar-refractivity contribution in [2.45, 2.75) is 293 Å². The molecule has 0 N–H and O–H groups in total. The molecule has 5 rings (SSSR count). The highest BCUT2D eigenvalue weighted by Gasteiger charge is 2.36. The van der Waals surface area contributed by atoms with E-state index < -0.39 is 0 Å². The summed E-state index contributed by atoms with van der Waals surface area (Å²) in [7, 11) is 0. The van der Waals surface area contributed by atoms with Crippen molar-refractivity contribution in [3.8, 4) is 0 Å². The largest absolute Gasteiger partial charge is 0.0628 e. The Bertz CT molecular complexity index is 1880. The van der Waals surface area contributed by atoms with Crippen molar-refractivity contribution in [1.29, 1.82) is 0 Å². The minimum atomic E-state index is 0.689. The van der Waals surface area contributed by atoms with Gasteiger partial charge in [0.2, 0.25) is 0 Å². The monoisotopic (exact) mass is 983 g/mol. The van der Waals surface area contributed by atoms with Crippen molar-refractivity contribution >= 4 is 0 Å². The van der Waals surface area contributed by atoms with Gasteiger partial charge in [0.05, 0.1) is 0 Å². The molecule has 406 valence electrons. The predicted molar refractivity (Wildman–Crippen MR) is 322 cm³/mol. The Labute approximate surface area is 449 Å². The molecule has 3 aromatic rings. The molecule has 0 aliphatic heterocycles. The molecule has 0 amide bonds. The summed E-state index contributed by atoms with van der Waals surface area (Å²) in [6.07, 6.45) is 30.1. The Morgan fingerprint density at radius 2 is 0.278 bits per heavy atom. The van der Waals surface area contributed by atoms with Gasteiger partial charge in [0.1, 0.15) is 0 Å². The van der Waals surface area contributed by atoms with E-state index in [9.17, 15) is 0 Å². The van der Waals surface area contributed by atoms with Crippen molar-refractivity contribution < 1.29 is 0 Å². The third-order valence-corrected chi connectivity index (χ3v) is 17.7. The minimum Gasteiger partial charge on any atom is -0.0628 e. The summed E-state index contributed by atoms with van der Waals surface area (Å²) in [6, 6.07) is 0. The SMILES string of the molecule is CC(C)CCc1c(CCC(C)C)c(CCC(C)C)c2c(c1CCC(C)C)Cc1c(CCC(C)C)c3c(c(CCC(C)C)c1C2)Cc1c(CCC(C)C)c(CCC(C)C)c(CCC(C)C)c(CCC(C)C)c1C3. The molecular formula is C72H118. The van der Waals surface area contributed by atoms with Crippen LogP contribution in [0.3, 0.4) is 0 Å². The molecule has 0 saturated carbocycles. The number of hydrogen-bond donors (Lipinski definition) is 0. The molecule has 2 aliphatic carbocycles. The van der Waals surface area contributed by atoms with Crippen LogP contribution in [0.5, 0.6) is 0 Å². The van der Waals surface area contributed by atoms with Crippen molar-refractivity contribution in [2.24, 2.45) is 59.2 Å². The van der Waals surface area contributed by atoms with Crippen molar-refractivity contribution in [3.05, 3.63) is 100 Å². The Morgan fingerprint density at radius 1 is 0.167 bits per heavy atom. The molecular weight excluding hydrogens is 865 g/mol. The Balaban J connectivity index is 1.96. The maximum absolute atomic E-state index is 2.50. The van der Waals surface area contributed by atoms with Crippen LogP contribution in [0.2, 0.25) is 0 Å². The molecule has 3 aromatic carbocycles. The zero-order valence-electron chi connectivity index (χ0n) is 51.7. The van der Waals surface area contributed by atoms with Gasteiger partial charge in [0, 0.05) is 0 Å². The quantitative estimate of drug-likeness (QED) is 0.0430. The van der Waals surface area contributed by atoms with Gasteiger partial charge in [0.15, 0.2) is 0 Å². The van der Waals surface area contributed by atoms with Crippen LogP contribution in [0.4, 0.5) is 0 Å². The van der Waals surface area contributed by atoms with Crippen molar-refractivity contribution in [3.63, 3.8) is 0 Å².